The van der Waals surface area contributed by atoms with E-state index in [0.29, 0.717) is 6.42 Å². The van der Waals surface area contributed by atoms with Gasteiger partial charge in [-0.3, -0.25) is 4.40 Å². The van der Waals surface area contributed by atoms with Gasteiger partial charge in [0.05, 0.1) is 29.6 Å². The van der Waals surface area contributed by atoms with Crippen molar-refractivity contribution in [3.05, 3.63) is 71.7 Å². The molecule has 110 valence electrons. The summed E-state index contributed by atoms with van der Waals surface area (Å²) >= 11 is 1.61. The van der Waals surface area contributed by atoms with Crippen LogP contribution in [0.5, 0.6) is 0 Å². The molecule has 4 aromatic rings. The van der Waals surface area contributed by atoms with Crippen molar-refractivity contribution >= 4 is 16.3 Å². The molecule has 0 fully saturated rings. The molecule has 0 aliphatic rings. The zero-order valence-electron chi connectivity index (χ0n) is 12.3. The molecule has 2 aromatic carbocycles. The summed E-state index contributed by atoms with van der Waals surface area (Å²) in [7, 11) is 0. The van der Waals surface area contributed by atoms with Crippen LogP contribution in [0.1, 0.15) is 5.69 Å². The Balaban J connectivity index is 1.99. The summed E-state index contributed by atoms with van der Waals surface area (Å²) < 4.78 is 2.12. The fourth-order valence-corrected chi connectivity index (χ4v) is 3.71. The fraction of sp³-hybridized carbons (Fsp3) is 0.0526. The predicted octanol–water partition coefficient (Wildman–Crippen LogP) is 4.80. The lowest BCUT2D eigenvalue weighted by Crippen LogP contribution is -1.95. The highest BCUT2D eigenvalue weighted by Gasteiger charge is 2.18. The molecule has 3 nitrogen and oxygen atoms in total. The summed E-state index contributed by atoms with van der Waals surface area (Å²) in [5, 5.41) is 11.4. The van der Waals surface area contributed by atoms with Crippen LogP contribution in [0, 0.1) is 11.3 Å². The van der Waals surface area contributed by atoms with Crippen molar-refractivity contribution in [2.45, 2.75) is 6.42 Å². The Morgan fingerprint density at radius 3 is 2.26 bits per heavy atom. The Morgan fingerprint density at radius 1 is 0.957 bits per heavy atom. The molecule has 23 heavy (non-hydrogen) atoms. The van der Waals surface area contributed by atoms with Gasteiger partial charge in [0.1, 0.15) is 0 Å². The molecule has 0 N–H and O–H groups in total. The number of rotatable bonds is 3. The van der Waals surface area contributed by atoms with E-state index in [1.165, 1.54) is 0 Å². The topological polar surface area (TPSA) is 41.1 Å². The van der Waals surface area contributed by atoms with Crippen molar-refractivity contribution < 1.29 is 0 Å². The summed E-state index contributed by atoms with van der Waals surface area (Å²) in [4.78, 5) is 5.70. The van der Waals surface area contributed by atoms with Crippen molar-refractivity contribution in [2.75, 3.05) is 0 Å². The lowest BCUT2D eigenvalue weighted by atomic mass is 10.1. The highest BCUT2D eigenvalue weighted by molar-refractivity contribution is 7.15. The molecule has 2 aromatic heterocycles. The Hall–Kier alpha value is -2.90. The zero-order valence-corrected chi connectivity index (χ0v) is 13.1. The summed E-state index contributed by atoms with van der Waals surface area (Å²) in [5.74, 6) is 0. The SMILES string of the molecule is N#CCc1c(-c2ccccc2)nc2scc(-c3ccccc3)n12. The van der Waals surface area contributed by atoms with Gasteiger partial charge in [-0.05, 0) is 5.56 Å². The summed E-state index contributed by atoms with van der Waals surface area (Å²) in [6, 6.07) is 22.6. The highest BCUT2D eigenvalue weighted by Crippen LogP contribution is 2.33. The number of nitrogens with zero attached hydrogens (tertiary/aromatic N) is 3. The molecule has 4 rings (SSSR count). The van der Waals surface area contributed by atoms with Crippen molar-refractivity contribution in [2.24, 2.45) is 0 Å². The van der Waals surface area contributed by atoms with Crippen LogP contribution in [-0.2, 0) is 6.42 Å². The van der Waals surface area contributed by atoms with Gasteiger partial charge in [-0.15, -0.1) is 11.3 Å². The zero-order chi connectivity index (χ0) is 15.6. The number of aromatic nitrogens is 2. The molecule has 0 amide bonds. The average Bonchev–Trinajstić information content (AvgIpc) is 3.17. The smallest absolute Gasteiger partial charge is 0.194 e. The monoisotopic (exact) mass is 315 g/mol. The molecular weight excluding hydrogens is 302 g/mol. The number of thiazole rings is 1. The number of hydrogen-bond donors (Lipinski definition) is 0. The van der Waals surface area contributed by atoms with E-state index >= 15 is 0 Å². The Labute approximate surface area is 138 Å². The van der Waals surface area contributed by atoms with E-state index in [-0.39, 0.29) is 0 Å². The Bertz CT molecular complexity index is 992. The third-order valence-corrected chi connectivity index (χ3v) is 4.65. The first-order valence-electron chi connectivity index (χ1n) is 7.35. The van der Waals surface area contributed by atoms with Gasteiger partial charge in [0.2, 0.25) is 0 Å². The van der Waals surface area contributed by atoms with Gasteiger partial charge in [-0.25, -0.2) is 4.98 Å². The molecule has 0 saturated carbocycles. The first kappa shape index (κ1) is 13.7. The molecule has 2 heterocycles. The van der Waals surface area contributed by atoms with Crippen LogP contribution in [0.25, 0.3) is 27.5 Å². The van der Waals surface area contributed by atoms with Crippen molar-refractivity contribution in [3.8, 4) is 28.6 Å². The summed E-state index contributed by atoms with van der Waals surface area (Å²) in [6.45, 7) is 0. The molecule has 0 bridgehead atoms. The van der Waals surface area contributed by atoms with E-state index in [9.17, 15) is 5.26 Å². The van der Waals surface area contributed by atoms with Gasteiger partial charge in [0.15, 0.2) is 4.96 Å². The third-order valence-electron chi connectivity index (χ3n) is 3.82. The van der Waals surface area contributed by atoms with Crippen LogP contribution in [0.2, 0.25) is 0 Å². The minimum absolute atomic E-state index is 0.335. The van der Waals surface area contributed by atoms with Gasteiger partial charge in [-0.2, -0.15) is 5.26 Å². The van der Waals surface area contributed by atoms with E-state index in [1.54, 1.807) is 11.3 Å². The van der Waals surface area contributed by atoms with Gasteiger partial charge < -0.3 is 0 Å². The maximum Gasteiger partial charge on any atom is 0.194 e. The van der Waals surface area contributed by atoms with E-state index in [2.05, 4.69) is 28.0 Å². The average molecular weight is 315 g/mol. The molecule has 0 saturated heterocycles. The standard InChI is InChI=1S/C19H13N3S/c20-12-11-16-18(15-9-5-2-6-10-15)21-19-22(16)17(13-23-19)14-7-3-1-4-8-14/h1-10,13H,11H2. The number of nitriles is 1. The number of fused-ring (bicyclic) bond motifs is 1. The van der Waals surface area contributed by atoms with E-state index in [4.69, 9.17) is 4.98 Å². The lowest BCUT2D eigenvalue weighted by molar-refractivity contribution is 1.08. The van der Waals surface area contributed by atoms with Gasteiger partial charge in [0, 0.05) is 10.9 Å². The second-order valence-corrected chi connectivity index (χ2v) is 6.05. The molecular formula is C19H13N3S. The number of benzene rings is 2. The summed E-state index contributed by atoms with van der Waals surface area (Å²) in [5.41, 5.74) is 5.12. The molecule has 4 heteroatoms. The Morgan fingerprint density at radius 2 is 1.61 bits per heavy atom. The molecule has 0 radical (unpaired) electrons. The van der Waals surface area contributed by atoms with Crippen molar-refractivity contribution in [3.63, 3.8) is 0 Å². The van der Waals surface area contributed by atoms with Gasteiger partial charge in [0.25, 0.3) is 0 Å². The van der Waals surface area contributed by atoms with Crippen LogP contribution in [-0.4, -0.2) is 9.38 Å². The van der Waals surface area contributed by atoms with E-state index in [0.717, 1.165) is 33.2 Å². The van der Waals surface area contributed by atoms with E-state index in [1.807, 2.05) is 48.5 Å². The first-order valence-corrected chi connectivity index (χ1v) is 8.23. The molecule has 0 unspecified atom stereocenters. The third kappa shape index (κ3) is 2.32. The van der Waals surface area contributed by atoms with Gasteiger partial charge >= 0.3 is 0 Å². The minimum Gasteiger partial charge on any atom is -0.286 e. The van der Waals surface area contributed by atoms with E-state index < -0.39 is 0 Å². The maximum atomic E-state index is 9.28. The maximum absolute atomic E-state index is 9.28. The quantitative estimate of drug-likeness (QED) is 0.545. The van der Waals surface area contributed by atoms with Crippen LogP contribution >= 0.6 is 11.3 Å². The lowest BCUT2D eigenvalue weighted by Gasteiger charge is -2.04. The number of hydrogen-bond acceptors (Lipinski definition) is 3. The highest BCUT2D eigenvalue weighted by atomic mass is 32.1. The normalized spacial score (nSPS) is 10.7. The second-order valence-electron chi connectivity index (χ2n) is 5.21. The fourth-order valence-electron chi connectivity index (χ4n) is 2.79. The number of imidazole rings is 1. The molecule has 0 atom stereocenters. The minimum atomic E-state index is 0.335. The van der Waals surface area contributed by atoms with Gasteiger partial charge in [-0.1, -0.05) is 60.7 Å². The Kier molecular flexibility index (Phi) is 3.41. The molecule has 0 aliphatic heterocycles. The molecule has 0 spiro atoms. The molecule has 0 aliphatic carbocycles. The predicted molar refractivity (Wildman–Crippen MR) is 93.3 cm³/mol. The largest absolute Gasteiger partial charge is 0.286 e. The van der Waals surface area contributed by atoms with Crippen LogP contribution < -0.4 is 0 Å². The summed E-state index contributed by atoms with van der Waals surface area (Å²) in [6.07, 6.45) is 0.335. The van der Waals surface area contributed by atoms with Crippen LogP contribution in [0.15, 0.2) is 66.0 Å². The van der Waals surface area contributed by atoms with Crippen LogP contribution in [0.4, 0.5) is 0 Å². The van der Waals surface area contributed by atoms with Crippen molar-refractivity contribution in [1.82, 2.24) is 9.38 Å². The second kappa shape index (κ2) is 5.71. The van der Waals surface area contributed by atoms with Crippen molar-refractivity contribution in [1.29, 1.82) is 5.26 Å². The van der Waals surface area contributed by atoms with Crippen LogP contribution in [0.3, 0.4) is 0 Å². The first-order chi connectivity index (χ1) is 11.4.